The lowest BCUT2D eigenvalue weighted by Crippen LogP contribution is -2.13. The van der Waals surface area contributed by atoms with Gasteiger partial charge in [-0.05, 0) is 48.9 Å². The first-order valence-corrected chi connectivity index (χ1v) is 8.46. The molecule has 6 nitrogen and oxygen atoms in total. The first-order valence-electron chi connectivity index (χ1n) is 8.09. The second kappa shape index (κ2) is 8.01. The zero-order valence-corrected chi connectivity index (χ0v) is 15.2. The van der Waals surface area contributed by atoms with E-state index in [1.165, 1.54) is 0 Å². The maximum absolute atomic E-state index is 12.1. The van der Waals surface area contributed by atoms with Gasteiger partial charge in [0.25, 0.3) is 0 Å². The molecule has 26 heavy (non-hydrogen) atoms. The number of methoxy groups -OCH3 is 1. The second-order valence-corrected chi connectivity index (χ2v) is 6.11. The van der Waals surface area contributed by atoms with E-state index >= 15 is 0 Å². The van der Waals surface area contributed by atoms with Crippen LogP contribution in [0.5, 0.6) is 5.75 Å². The summed E-state index contributed by atoms with van der Waals surface area (Å²) >= 11 is 6.06. The highest BCUT2D eigenvalue weighted by Crippen LogP contribution is 2.23. The smallest absolute Gasteiger partial charge is 0.227 e. The number of ether oxygens (including phenoxy) is 1. The lowest BCUT2D eigenvalue weighted by Gasteiger charge is -2.08. The molecule has 1 N–H and O–H groups in total. The number of nitrogens with zero attached hydrogens (tertiary/aromatic N) is 2. The lowest BCUT2D eigenvalue weighted by atomic mass is 10.2. The summed E-state index contributed by atoms with van der Waals surface area (Å²) in [6.45, 7) is 1.86. The fourth-order valence-electron chi connectivity index (χ4n) is 2.39. The molecule has 0 aliphatic heterocycles. The normalized spacial score (nSPS) is 10.6. The average molecular weight is 372 g/mol. The number of anilines is 1. The van der Waals surface area contributed by atoms with Crippen molar-refractivity contribution < 1.29 is 14.1 Å². The van der Waals surface area contributed by atoms with Crippen molar-refractivity contribution >= 4 is 23.2 Å². The Kier molecular flexibility index (Phi) is 5.53. The minimum Gasteiger partial charge on any atom is -0.497 e. The standard InChI is InChI=1S/C19H18ClN3O3/c1-12-15(20)4-3-5-16(12)21-17(24)10-11-18-22-19(23-26-18)13-6-8-14(25-2)9-7-13/h3-9H,10-11H2,1-2H3,(H,21,24). The van der Waals surface area contributed by atoms with Crippen molar-refractivity contribution in [3.8, 4) is 17.1 Å². The van der Waals surface area contributed by atoms with Gasteiger partial charge in [0.05, 0.1) is 7.11 Å². The minimum absolute atomic E-state index is 0.139. The third-order valence-electron chi connectivity index (χ3n) is 3.92. The van der Waals surface area contributed by atoms with Gasteiger partial charge in [0.2, 0.25) is 17.6 Å². The summed E-state index contributed by atoms with van der Waals surface area (Å²) in [5, 5.41) is 7.41. The molecule has 0 spiro atoms. The Morgan fingerprint density at radius 1 is 1.23 bits per heavy atom. The summed E-state index contributed by atoms with van der Waals surface area (Å²) in [7, 11) is 1.61. The fourth-order valence-corrected chi connectivity index (χ4v) is 2.56. The van der Waals surface area contributed by atoms with Crippen LogP contribution in [0.15, 0.2) is 47.0 Å². The van der Waals surface area contributed by atoms with E-state index in [9.17, 15) is 4.79 Å². The molecule has 0 fully saturated rings. The molecule has 0 saturated heterocycles. The number of benzene rings is 2. The van der Waals surface area contributed by atoms with Crippen molar-refractivity contribution in [2.24, 2.45) is 0 Å². The molecule has 0 radical (unpaired) electrons. The van der Waals surface area contributed by atoms with Crippen molar-refractivity contribution in [1.29, 1.82) is 0 Å². The van der Waals surface area contributed by atoms with Crippen molar-refractivity contribution in [2.45, 2.75) is 19.8 Å². The molecule has 0 unspecified atom stereocenters. The highest BCUT2D eigenvalue weighted by atomic mass is 35.5. The number of hydrogen-bond acceptors (Lipinski definition) is 5. The topological polar surface area (TPSA) is 77.2 Å². The van der Waals surface area contributed by atoms with Crippen LogP contribution in [0.3, 0.4) is 0 Å². The molecule has 0 saturated carbocycles. The summed E-state index contributed by atoms with van der Waals surface area (Å²) in [6.07, 6.45) is 0.588. The molecule has 0 aliphatic rings. The van der Waals surface area contributed by atoms with E-state index in [2.05, 4.69) is 15.5 Å². The number of aromatic nitrogens is 2. The molecule has 1 amide bonds. The van der Waals surface area contributed by atoms with Crippen LogP contribution in [0.1, 0.15) is 17.9 Å². The van der Waals surface area contributed by atoms with E-state index in [-0.39, 0.29) is 12.3 Å². The van der Waals surface area contributed by atoms with Crippen LogP contribution >= 0.6 is 11.6 Å². The molecular weight excluding hydrogens is 354 g/mol. The molecule has 1 heterocycles. The highest BCUT2D eigenvalue weighted by molar-refractivity contribution is 6.31. The van der Waals surface area contributed by atoms with Gasteiger partial charge < -0.3 is 14.6 Å². The molecule has 3 rings (SSSR count). The van der Waals surface area contributed by atoms with Crippen molar-refractivity contribution in [3.05, 3.63) is 58.9 Å². The summed E-state index contributed by atoms with van der Waals surface area (Å²) in [5.74, 6) is 1.51. The Bertz CT molecular complexity index is 907. The van der Waals surface area contributed by atoms with Gasteiger partial charge in [-0.25, -0.2) is 0 Å². The van der Waals surface area contributed by atoms with Crippen molar-refractivity contribution in [3.63, 3.8) is 0 Å². The fraction of sp³-hybridized carbons (Fsp3) is 0.211. The van der Waals surface area contributed by atoms with Gasteiger partial charge in [0, 0.05) is 29.1 Å². The van der Waals surface area contributed by atoms with Gasteiger partial charge in [0.15, 0.2) is 0 Å². The SMILES string of the molecule is COc1ccc(-c2noc(CCC(=O)Nc3cccc(Cl)c3C)n2)cc1. The van der Waals surface area contributed by atoms with Crippen molar-refractivity contribution in [1.82, 2.24) is 10.1 Å². The quantitative estimate of drug-likeness (QED) is 0.699. The van der Waals surface area contributed by atoms with Gasteiger partial charge in [-0.1, -0.05) is 22.8 Å². The number of carbonyl (C=O) groups is 1. The molecule has 2 aromatic carbocycles. The number of aryl methyl sites for hydroxylation is 1. The molecule has 3 aromatic rings. The van der Waals surface area contributed by atoms with Crippen LogP contribution in [0, 0.1) is 6.92 Å². The maximum Gasteiger partial charge on any atom is 0.227 e. The van der Waals surface area contributed by atoms with Crippen LogP contribution in [0.25, 0.3) is 11.4 Å². The van der Waals surface area contributed by atoms with Gasteiger partial charge >= 0.3 is 0 Å². The average Bonchev–Trinajstić information content (AvgIpc) is 3.13. The largest absolute Gasteiger partial charge is 0.497 e. The van der Waals surface area contributed by atoms with Crippen molar-refractivity contribution in [2.75, 3.05) is 12.4 Å². The molecule has 0 bridgehead atoms. The molecule has 1 aromatic heterocycles. The predicted octanol–water partition coefficient (Wildman–Crippen LogP) is 4.28. The summed E-state index contributed by atoms with van der Waals surface area (Å²) in [6, 6.07) is 12.7. The highest BCUT2D eigenvalue weighted by Gasteiger charge is 2.12. The van der Waals surface area contributed by atoms with Gasteiger partial charge in [0.1, 0.15) is 5.75 Å². The Labute approximate surface area is 156 Å². The monoisotopic (exact) mass is 371 g/mol. The van der Waals surface area contributed by atoms with Crippen LogP contribution in [0.4, 0.5) is 5.69 Å². The van der Waals surface area contributed by atoms with Crippen LogP contribution in [0.2, 0.25) is 5.02 Å². The Morgan fingerprint density at radius 2 is 2.00 bits per heavy atom. The molecule has 7 heteroatoms. The van der Waals surface area contributed by atoms with E-state index in [1.807, 2.05) is 37.3 Å². The Hall–Kier alpha value is -2.86. The van der Waals surface area contributed by atoms with E-state index in [1.54, 1.807) is 19.2 Å². The first-order chi connectivity index (χ1) is 12.6. The minimum atomic E-state index is -0.139. The zero-order chi connectivity index (χ0) is 18.5. The predicted molar refractivity (Wildman–Crippen MR) is 99.4 cm³/mol. The number of rotatable bonds is 6. The number of halogens is 1. The van der Waals surface area contributed by atoms with E-state index < -0.39 is 0 Å². The number of carbonyl (C=O) groups excluding carboxylic acids is 1. The third kappa shape index (κ3) is 4.21. The Morgan fingerprint density at radius 3 is 2.73 bits per heavy atom. The zero-order valence-electron chi connectivity index (χ0n) is 14.5. The van der Waals surface area contributed by atoms with E-state index in [0.29, 0.717) is 28.8 Å². The Balaban J connectivity index is 1.59. The van der Waals surface area contributed by atoms with Gasteiger partial charge in [-0.3, -0.25) is 4.79 Å². The summed E-state index contributed by atoms with van der Waals surface area (Å²) in [5.41, 5.74) is 2.36. The second-order valence-electron chi connectivity index (χ2n) is 5.70. The van der Waals surface area contributed by atoms with E-state index in [0.717, 1.165) is 16.9 Å². The summed E-state index contributed by atoms with van der Waals surface area (Å²) < 4.78 is 10.3. The first kappa shape index (κ1) is 17.9. The van der Waals surface area contributed by atoms with Gasteiger partial charge in [-0.15, -0.1) is 0 Å². The number of nitrogens with one attached hydrogen (secondary N) is 1. The van der Waals surface area contributed by atoms with Crippen LogP contribution in [-0.2, 0) is 11.2 Å². The summed E-state index contributed by atoms with van der Waals surface area (Å²) in [4.78, 5) is 16.5. The third-order valence-corrected chi connectivity index (χ3v) is 4.33. The van der Waals surface area contributed by atoms with E-state index in [4.69, 9.17) is 20.9 Å². The molecule has 0 aliphatic carbocycles. The van der Waals surface area contributed by atoms with Crippen LogP contribution in [-0.4, -0.2) is 23.2 Å². The van der Waals surface area contributed by atoms with Crippen LogP contribution < -0.4 is 10.1 Å². The number of hydrogen-bond donors (Lipinski definition) is 1. The number of amides is 1. The van der Waals surface area contributed by atoms with Gasteiger partial charge in [-0.2, -0.15) is 4.98 Å². The maximum atomic E-state index is 12.1. The molecule has 134 valence electrons. The lowest BCUT2D eigenvalue weighted by molar-refractivity contribution is -0.116. The molecular formula is C19H18ClN3O3. The molecule has 0 atom stereocenters.